The average molecular weight is 247 g/mol. The molecule has 18 heavy (non-hydrogen) atoms. The lowest BCUT2D eigenvalue weighted by atomic mass is 9.99. The molecule has 0 bridgehead atoms. The van der Waals surface area contributed by atoms with Crippen molar-refractivity contribution in [1.29, 1.82) is 0 Å². The summed E-state index contributed by atoms with van der Waals surface area (Å²) >= 11 is 0. The van der Waals surface area contributed by atoms with E-state index < -0.39 is 0 Å². The van der Waals surface area contributed by atoms with Gasteiger partial charge in [-0.2, -0.15) is 0 Å². The molecule has 0 aromatic heterocycles. The molecule has 0 amide bonds. The third-order valence-corrected chi connectivity index (χ3v) is 3.72. The van der Waals surface area contributed by atoms with Crippen LogP contribution in [0.3, 0.4) is 0 Å². The second kappa shape index (κ2) is 6.01. The molecule has 3 nitrogen and oxygen atoms in total. The number of ether oxygens (including phenoxy) is 1. The Kier molecular flexibility index (Phi) is 4.37. The number of nitrogens with one attached hydrogen (secondary N) is 1. The highest BCUT2D eigenvalue weighted by molar-refractivity contribution is 5.78. The first-order valence-corrected chi connectivity index (χ1v) is 6.62. The molecule has 3 heteroatoms. The summed E-state index contributed by atoms with van der Waals surface area (Å²) in [5, 5.41) is 3.47. The van der Waals surface area contributed by atoms with Crippen LogP contribution in [0.4, 0.5) is 0 Å². The molecule has 98 valence electrons. The molecular weight excluding hydrogens is 226 g/mol. The number of esters is 1. The molecule has 1 aromatic carbocycles. The van der Waals surface area contributed by atoms with Crippen LogP contribution in [0.1, 0.15) is 31.2 Å². The molecule has 1 aliphatic carbocycles. The van der Waals surface area contributed by atoms with E-state index in [2.05, 4.69) is 12.2 Å². The van der Waals surface area contributed by atoms with Crippen LogP contribution in [-0.4, -0.2) is 25.7 Å². The van der Waals surface area contributed by atoms with Gasteiger partial charge >= 0.3 is 5.97 Å². The molecule has 1 fully saturated rings. The van der Waals surface area contributed by atoms with Crippen molar-refractivity contribution < 1.29 is 9.53 Å². The zero-order valence-electron chi connectivity index (χ0n) is 11.1. The van der Waals surface area contributed by atoms with Gasteiger partial charge in [0.05, 0.1) is 13.0 Å². The van der Waals surface area contributed by atoms with Gasteiger partial charge in [-0.3, -0.25) is 4.79 Å². The predicted octanol–water partition coefficient (Wildman–Crippen LogP) is 2.33. The lowest BCUT2D eigenvalue weighted by Gasteiger charge is -2.15. The van der Waals surface area contributed by atoms with Crippen LogP contribution >= 0.6 is 0 Å². The average Bonchev–Trinajstić information content (AvgIpc) is 3.18. The van der Waals surface area contributed by atoms with Crippen molar-refractivity contribution in [2.75, 3.05) is 13.7 Å². The van der Waals surface area contributed by atoms with E-state index in [4.69, 9.17) is 4.74 Å². The van der Waals surface area contributed by atoms with Crippen molar-refractivity contribution in [2.45, 2.75) is 31.7 Å². The Bertz CT molecular complexity index is 391. The molecule has 0 saturated heterocycles. The van der Waals surface area contributed by atoms with Crippen LogP contribution in [-0.2, 0) is 9.53 Å². The van der Waals surface area contributed by atoms with E-state index in [9.17, 15) is 4.79 Å². The minimum atomic E-state index is -0.200. The monoisotopic (exact) mass is 247 g/mol. The van der Waals surface area contributed by atoms with Crippen molar-refractivity contribution in [1.82, 2.24) is 5.32 Å². The maximum atomic E-state index is 11.8. The van der Waals surface area contributed by atoms with E-state index in [0.717, 1.165) is 11.5 Å². The van der Waals surface area contributed by atoms with Crippen molar-refractivity contribution in [3.05, 3.63) is 35.9 Å². The molecule has 1 N–H and O–H groups in total. The van der Waals surface area contributed by atoms with Crippen LogP contribution in [0, 0.1) is 5.92 Å². The summed E-state index contributed by atoms with van der Waals surface area (Å²) in [4.78, 5) is 11.8. The smallest absolute Gasteiger partial charge is 0.314 e. The Hall–Kier alpha value is -1.35. The molecule has 3 atom stereocenters. The topological polar surface area (TPSA) is 38.3 Å². The van der Waals surface area contributed by atoms with E-state index in [1.807, 2.05) is 30.3 Å². The van der Waals surface area contributed by atoms with Gasteiger partial charge in [-0.05, 0) is 17.9 Å². The molecule has 3 unspecified atom stereocenters. The van der Waals surface area contributed by atoms with E-state index in [0.29, 0.717) is 12.6 Å². The third-order valence-electron chi connectivity index (χ3n) is 3.72. The molecule has 1 saturated carbocycles. The van der Waals surface area contributed by atoms with Crippen LogP contribution in [0.15, 0.2) is 30.3 Å². The van der Waals surface area contributed by atoms with Crippen LogP contribution in [0.2, 0.25) is 0 Å². The predicted molar refractivity (Wildman–Crippen MR) is 71.4 cm³/mol. The maximum Gasteiger partial charge on any atom is 0.314 e. The third kappa shape index (κ3) is 3.10. The summed E-state index contributed by atoms with van der Waals surface area (Å²) in [6.07, 6.45) is 2.45. The minimum absolute atomic E-state index is 0.164. The van der Waals surface area contributed by atoms with E-state index in [1.165, 1.54) is 20.0 Å². The zero-order valence-corrected chi connectivity index (χ0v) is 11.1. The van der Waals surface area contributed by atoms with E-state index in [-0.39, 0.29) is 11.9 Å². The molecule has 1 aliphatic rings. The molecule has 0 heterocycles. The van der Waals surface area contributed by atoms with Crippen molar-refractivity contribution in [2.24, 2.45) is 5.92 Å². The van der Waals surface area contributed by atoms with Gasteiger partial charge in [-0.15, -0.1) is 0 Å². The summed E-state index contributed by atoms with van der Waals surface area (Å²) in [5.74, 6) is 0.427. The van der Waals surface area contributed by atoms with Gasteiger partial charge in [0.1, 0.15) is 0 Å². The van der Waals surface area contributed by atoms with E-state index >= 15 is 0 Å². The van der Waals surface area contributed by atoms with Gasteiger partial charge in [0.2, 0.25) is 0 Å². The normalized spacial score (nSPS) is 23.4. The van der Waals surface area contributed by atoms with Crippen molar-refractivity contribution in [3.63, 3.8) is 0 Å². The molecule has 0 spiro atoms. The van der Waals surface area contributed by atoms with Gasteiger partial charge in [-0.1, -0.05) is 43.7 Å². The van der Waals surface area contributed by atoms with Gasteiger partial charge in [0.25, 0.3) is 0 Å². The van der Waals surface area contributed by atoms with Gasteiger partial charge in [-0.25, -0.2) is 0 Å². The molecule has 2 rings (SSSR count). The van der Waals surface area contributed by atoms with E-state index in [1.54, 1.807) is 0 Å². The Balaban J connectivity index is 1.96. The number of hydrogen-bond donors (Lipinski definition) is 1. The maximum absolute atomic E-state index is 11.8. The first-order valence-electron chi connectivity index (χ1n) is 6.62. The Morgan fingerprint density at radius 1 is 1.44 bits per heavy atom. The Morgan fingerprint density at radius 2 is 2.17 bits per heavy atom. The first-order chi connectivity index (χ1) is 8.76. The molecule has 0 radical (unpaired) electrons. The fraction of sp³-hybridized carbons (Fsp3) is 0.533. The molecular formula is C15H21NO2. The van der Waals surface area contributed by atoms with Crippen LogP contribution < -0.4 is 5.32 Å². The van der Waals surface area contributed by atoms with Crippen LogP contribution in [0.5, 0.6) is 0 Å². The lowest BCUT2D eigenvalue weighted by Crippen LogP contribution is -2.29. The standard InChI is InChI=1S/C15H21NO2/c1-3-11-9-14(11)16-10-13(15(17)18-2)12-7-5-4-6-8-12/h4-8,11,13-14,16H,3,9-10H2,1-2H3. The number of rotatable bonds is 6. The SMILES string of the molecule is CCC1CC1NCC(C(=O)OC)c1ccccc1. The summed E-state index contributed by atoms with van der Waals surface area (Å²) in [6, 6.07) is 10.4. The first kappa shape index (κ1) is 13.1. The Labute approximate surface area is 109 Å². The molecule has 1 aromatic rings. The summed E-state index contributed by atoms with van der Waals surface area (Å²) < 4.78 is 4.89. The number of carbonyl (C=O) groups excluding carboxylic acids is 1. The summed E-state index contributed by atoms with van der Waals surface area (Å²) in [6.45, 7) is 2.87. The highest BCUT2D eigenvalue weighted by atomic mass is 16.5. The minimum Gasteiger partial charge on any atom is -0.469 e. The highest BCUT2D eigenvalue weighted by Crippen LogP contribution is 2.33. The van der Waals surface area contributed by atoms with Crippen molar-refractivity contribution in [3.8, 4) is 0 Å². The fourth-order valence-electron chi connectivity index (χ4n) is 2.38. The van der Waals surface area contributed by atoms with Gasteiger partial charge in [0, 0.05) is 12.6 Å². The second-order valence-corrected chi connectivity index (χ2v) is 4.91. The highest BCUT2D eigenvalue weighted by Gasteiger charge is 2.35. The molecule has 0 aliphatic heterocycles. The number of carbonyl (C=O) groups is 1. The Morgan fingerprint density at radius 3 is 2.72 bits per heavy atom. The largest absolute Gasteiger partial charge is 0.469 e. The second-order valence-electron chi connectivity index (χ2n) is 4.91. The van der Waals surface area contributed by atoms with Gasteiger partial charge < -0.3 is 10.1 Å². The quantitative estimate of drug-likeness (QED) is 0.784. The van der Waals surface area contributed by atoms with Gasteiger partial charge in [0.15, 0.2) is 0 Å². The fourth-order valence-corrected chi connectivity index (χ4v) is 2.38. The number of methoxy groups -OCH3 is 1. The van der Waals surface area contributed by atoms with Crippen LogP contribution in [0.25, 0.3) is 0 Å². The zero-order chi connectivity index (χ0) is 13.0. The summed E-state index contributed by atoms with van der Waals surface area (Å²) in [5.41, 5.74) is 1.02. The number of benzene rings is 1. The van der Waals surface area contributed by atoms with Crippen molar-refractivity contribution >= 4 is 5.97 Å². The summed E-state index contributed by atoms with van der Waals surface area (Å²) in [7, 11) is 1.45. The number of hydrogen-bond acceptors (Lipinski definition) is 3. The lowest BCUT2D eigenvalue weighted by molar-refractivity contribution is -0.142.